The molecule has 2 heterocycles. The molecule has 258 valence electrons. The van der Waals surface area contributed by atoms with Gasteiger partial charge in [0, 0.05) is 53.6 Å². The summed E-state index contributed by atoms with van der Waals surface area (Å²) in [7, 11) is 0. The predicted molar refractivity (Wildman–Crippen MR) is 237 cm³/mol. The van der Waals surface area contributed by atoms with Gasteiger partial charge in [-0.25, -0.2) is 0 Å². The summed E-state index contributed by atoms with van der Waals surface area (Å²) >= 11 is 1.89. The second-order valence-corrected chi connectivity index (χ2v) is 15.2. The summed E-state index contributed by atoms with van der Waals surface area (Å²) in [5, 5.41) is 7.70. The van der Waals surface area contributed by atoms with Gasteiger partial charge < -0.3 is 9.47 Å². The van der Waals surface area contributed by atoms with E-state index in [-0.39, 0.29) is 0 Å². The number of hydrogen-bond acceptors (Lipinski definition) is 2. The highest BCUT2D eigenvalue weighted by molar-refractivity contribution is 7.26. The molecule has 0 aliphatic heterocycles. The van der Waals surface area contributed by atoms with Crippen molar-refractivity contribution in [3.63, 3.8) is 0 Å². The van der Waals surface area contributed by atoms with Crippen LogP contribution in [0.1, 0.15) is 0 Å². The van der Waals surface area contributed by atoms with Gasteiger partial charge in [0.05, 0.1) is 16.7 Å². The number of hydrogen-bond donors (Lipinski definition) is 0. The molecule has 11 rings (SSSR count). The van der Waals surface area contributed by atoms with Crippen molar-refractivity contribution in [2.24, 2.45) is 0 Å². The van der Waals surface area contributed by atoms with Gasteiger partial charge in [-0.2, -0.15) is 0 Å². The Balaban J connectivity index is 1.15. The summed E-state index contributed by atoms with van der Waals surface area (Å²) in [5.41, 5.74) is 11.7. The lowest BCUT2D eigenvalue weighted by atomic mass is 9.96. The zero-order valence-corrected chi connectivity index (χ0v) is 30.7. The Bertz CT molecular complexity index is 3190. The number of anilines is 3. The standard InChI is InChI=1S/C52H34N2S/c1-3-15-35(16-4-1)37-18-13-21-41(33-37)53(48-27-14-25-44-43-23-9-11-26-47(43)54(51(44)48)39-19-5-2-6-20-39)40-31-29-36(30-32-40)46-34-38-17-7-8-22-42(38)50-45-24-10-12-28-49(45)55-52(46)50/h1-34H. The molecule has 0 bridgehead atoms. The van der Waals surface area contributed by atoms with E-state index in [2.05, 4.69) is 216 Å². The van der Waals surface area contributed by atoms with Crippen molar-refractivity contribution < 1.29 is 0 Å². The van der Waals surface area contributed by atoms with Gasteiger partial charge in [-0.15, -0.1) is 11.3 Å². The Morgan fingerprint density at radius 2 is 1.07 bits per heavy atom. The number of benzene rings is 9. The van der Waals surface area contributed by atoms with Crippen LogP contribution in [0.25, 0.3) is 80.7 Å². The molecule has 9 aromatic carbocycles. The van der Waals surface area contributed by atoms with E-state index >= 15 is 0 Å². The maximum atomic E-state index is 2.44. The number of fused-ring (bicyclic) bond motifs is 8. The molecular weight excluding hydrogens is 685 g/mol. The summed E-state index contributed by atoms with van der Waals surface area (Å²) in [6.45, 7) is 0. The van der Waals surface area contributed by atoms with Crippen LogP contribution in [0, 0.1) is 0 Å². The molecule has 0 aliphatic carbocycles. The summed E-state index contributed by atoms with van der Waals surface area (Å²) in [4.78, 5) is 2.44. The lowest BCUT2D eigenvalue weighted by Crippen LogP contribution is -2.11. The average molecular weight is 719 g/mol. The van der Waals surface area contributed by atoms with Gasteiger partial charge in [0.25, 0.3) is 0 Å². The number of thiophene rings is 1. The molecule has 2 aromatic heterocycles. The van der Waals surface area contributed by atoms with Gasteiger partial charge in [0.1, 0.15) is 0 Å². The molecule has 0 N–H and O–H groups in total. The lowest BCUT2D eigenvalue weighted by molar-refractivity contribution is 1.17. The molecule has 0 saturated carbocycles. The van der Waals surface area contributed by atoms with E-state index < -0.39 is 0 Å². The first-order chi connectivity index (χ1) is 27.3. The third kappa shape index (κ3) is 5.16. The van der Waals surface area contributed by atoms with Crippen LogP contribution in [0.5, 0.6) is 0 Å². The minimum absolute atomic E-state index is 1.10. The molecule has 0 atom stereocenters. The first-order valence-corrected chi connectivity index (χ1v) is 19.6. The zero-order valence-electron chi connectivity index (χ0n) is 29.9. The topological polar surface area (TPSA) is 8.17 Å². The van der Waals surface area contributed by atoms with Crippen molar-refractivity contribution >= 4 is 81.1 Å². The van der Waals surface area contributed by atoms with E-state index in [0.717, 1.165) is 22.7 Å². The number of nitrogens with zero attached hydrogens (tertiary/aromatic N) is 2. The first-order valence-electron chi connectivity index (χ1n) is 18.8. The number of rotatable bonds is 6. The Morgan fingerprint density at radius 3 is 1.91 bits per heavy atom. The predicted octanol–water partition coefficient (Wildman–Crippen LogP) is 15.1. The SMILES string of the molecule is c1ccc(-c2cccc(N(c3ccc(-c4cc5ccccc5c5c4sc4ccccc45)cc3)c3cccc4c5ccccc5n(-c5ccccc5)c34)c2)cc1. The van der Waals surface area contributed by atoms with Crippen molar-refractivity contribution in [3.05, 3.63) is 206 Å². The highest BCUT2D eigenvalue weighted by atomic mass is 32.1. The zero-order chi connectivity index (χ0) is 36.3. The van der Waals surface area contributed by atoms with Gasteiger partial charge in [0.15, 0.2) is 0 Å². The second kappa shape index (κ2) is 12.9. The van der Waals surface area contributed by atoms with Crippen LogP contribution in [-0.4, -0.2) is 4.57 Å². The quantitative estimate of drug-likeness (QED) is 0.166. The van der Waals surface area contributed by atoms with Crippen LogP contribution in [-0.2, 0) is 0 Å². The first kappa shape index (κ1) is 31.6. The van der Waals surface area contributed by atoms with E-state index in [1.807, 2.05) is 11.3 Å². The van der Waals surface area contributed by atoms with Crippen LogP contribution in [0.4, 0.5) is 17.1 Å². The third-order valence-corrected chi connectivity index (χ3v) is 12.2. The molecule has 11 aromatic rings. The average Bonchev–Trinajstić information content (AvgIpc) is 3.82. The molecular formula is C52H34N2S. The molecule has 3 heteroatoms. The molecule has 0 amide bonds. The Labute approximate surface area is 323 Å². The summed E-state index contributed by atoms with van der Waals surface area (Å²) in [6, 6.07) is 75.1. The molecule has 0 unspecified atom stereocenters. The van der Waals surface area contributed by atoms with Gasteiger partial charge in [-0.05, 0) is 88.1 Å². The van der Waals surface area contributed by atoms with E-state index in [1.165, 1.54) is 75.0 Å². The Morgan fingerprint density at radius 1 is 0.418 bits per heavy atom. The molecule has 0 fully saturated rings. The molecule has 0 radical (unpaired) electrons. The fourth-order valence-corrected chi connectivity index (χ4v) is 9.74. The van der Waals surface area contributed by atoms with Gasteiger partial charge in [0.2, 0.25) is 0 Å². The van der Waals surface area contributed by atoms with Crippen LogP contribution >= 0.6 is 11.3 Å². The summed E-state index contributed by atoms with van der Waals surface area (Å²) in [5.74, 6) is 0. The highest BCUT2D eigenvalue weighted by Gasteiger charge is 2.22. The van der Waals surface area contributed by atoms with E-state index in [0.29, 0.717) is 0 Å². The third-order valence-electron chi connectivity index (χ3n) is 10.9. The molecule has 0 spiro atoms. The fourth-order valence-electron chi connectivity index (χ4n) is 8.49. The van der Waals surface area contributed by atoms with Crippen LogP contribution in [0.2, 0.25) is 0 Å². The Kier molecular flexibility index (Phi) is 7.39. The van der Waals surface area contributed by atoms with Crippen molar-refractivity contribution in [1.29, 1.82) is 0 Å². The maximum Gasteiger partial charge on any atom is 0.0782 e. The lowest BCUT2D eigenvalue weighted by Gasteiger charge is -2.28. The van der Waals surface area contributed by atoms with Crippen molar-refractivity contribution in [2.75, 3.05) is 4.90 Å². The van der Waals surface area contributed by atoms with Crippen molar-refractivity contribution in [1.82, 2.24) is 4.57 Å². The largest absolute Gasteiger partial charge is 0.308 e. The van der Waals surface area contributed by atoms with Gasteiger partial charge >= 0.3 is 0 Å². The normalized spacial score (nSPS) is 11.6. The van der Waals surface area contributed by atoms with Crippen molar-refractivity contribution in [2.45, 2.75) is 0 Å². The second-order valence-electron chi connectivity index (χ2n) is 14.1. The van der Waals surface area contributed by atoms with E-state index in [9.17, 15) is 0 Å². The molecule has 0 saturated heterocycles. The molecule has 55 heavy (non-hydrogen) atoms. The highest BCUT2D eigenvalue weighted by Crippen LogP contribution is 2.47. The molecule has 0 aliphatic rings. The van der Waals surface area contributed by atoms with E-state index in [1.54, 1.807) is 0 Å². The van der Waals surface area contributed by atoms with Crippen molar-refractivity contribution in [3.8, 4) is 27.9 Å². The minimum atomic E-state index is 1.10. The minimum Gasteiger partial charge on any atom is -0.308 e. The van der Waals surface area contributed by atoms with Crippen LogP contribution in [0.15, 0.2) is 206 Å². The number of aromatic nitrogens is 1. The number of para-hydroxylation sites is 3. The van der Waals surface area contributed by atoms with Gasteiger partial charge in [-0.3, -0.25) is 0 Å². The van der Waals surface area contributed by atoms with E-state index in [4.69, 9.17) is 0 Å². The Hall–Kier alpha value is -6.94. The van der Waals surface area contributed by atoms with Gasteiger partial charge in [-0.1, -0.05) is 146 Å². The summed E-state index contributed by atoms with van der Waals surface area (Å²) in [6.07, 6.45) is 0. The van der Waals surface area contributed by atoms with Crippen LogP contribution in [0.3, 0.4) is 0 Å². The molecule has 2 nitrogen and oxygen atoms in total. The maximum absolute atomic E-state index is 2.44. The smallest absolute Gasteiger partial charge is 0.0782 e. The summed E-state index contributed by atoms with van der Waals surface area (Å²) < 4.78 is 5.07. The van der Waals surface area contributed by atoms with Crippen LogP contribution < -0.4 is 4.90 Å². The fraction of sp³-hybridized carbons (Fsp3) is 0. The monoisotopic (exact) mass is 718 g/mol.